The van der Waals surface area contributed by atoms with Crippen LogP contribution in [-0.4, -0.2) is 17.7 Å². The fourth-order valence-corrected chi connectivity index (χ4v) is 3.46. The fraction of sp³-hybridized carbons (Fsp3) is 0.650. The molecule has 0 aromatic heterocycles. The highest BCUT2D eigenvalue weighted by molar-refractivity contribution is 5.71. The minimum Gasteiger partial charge on any atom is -0.508 e. The van der Waals surface area contributed by atoms with Gasteiger partial charge in [0, 0.05) is 5.92 Å². The van der Waals surface area contributed by atoms with Crippen molar-refractivity contribution in [3.8, 4) is 5.75 Å². The van der Waals surface area contributed by atoms with Crippen molar-refractivity contribution in [3.05, 3.63) is 28.8 Å². The smallest absolute Gasteiger partial charge is 0.308 e. The molecule has 1 N–H and O–H groups in total. The van der Waals surface area contributed by atoms with Crippen molar-refractivity contribution in [1.82, 2.24) is 0 Å². The molecule has 0 unspecified atom stereocenters. The maximum absolute atomic E-state index is 12.0. The minimum atomic E-state index is -0.114. The van der Waals surface area contributed by atoms with Crippen molar-refractivity contribution in [2.24, 2.45) is 11.8 Å². The average molecular weight is 318 g/mol. The highest BCUT2D eigenvalue weighted by Crippen LogP contribution is 2.44. The van der Waals surface area contributed by atoms with Crippen LogP contribution < -0.4 is 0 Å². The van der Waals surface area contributed by atoms with Crippen LogP contribution in [0.4, 0.5) is 0 Å². The third kappa shape index (κ3) is 3.88. The first-order valence-electron chi connectivity index (χ1n) is 8.85. The molecule has 23 heavy (non-hydrogen) atoms. The van der Waals surface area contributed by atoms with Crippen molar-refractivity contribution in [1.29, 1.82) is 0 Å². The van der Waals surface area contributed by atoms with Gasteiger partial charge in [0.15, 0.2) is 0 Å². The standard InChI is InChI=1S/C20H30O3/c1-6-13(4)20(22)23-11-15-7-8-16(12(2)3)18-9-14(5)19(21)10-17(15)18/h9-10,12-13,15-16,21H,6-8,11H2,1-5H3/t13-,15+,16+/m1/s1. The number of phenolic OH excluding ortho intramolecular Hbond substituents is 1. The first kappa shape index (κ1) is 17.8. The molecule has 1 aromatic rings. The van der Waals surface area contributed by atoms with E-state index >= 15 is 0 Å². The van der Waals surface area contributed by atoms with E-state index in [0.717, 1.165) is 30.4 Å². The molecule has 128 valence electrons. The Morgan fingerprint density at radius 3 is 2.57 bits per heavy atom. The first-order valence-corrected chi connectivity index (χ1v) is 8.85. The number of fused-ring (bicyclic) bond motifs is 1. The van der Waals surface area contributed by atoms with Crippen LogP contribution in [0.25, 0.3) is 0 Å². The van der Waals surface area contributed by atoms with E-state index in [4.69, 9.17) is 4.74 Å². The van der Waals surface area contributed by atoms with Gasteiger partial charge in [-0.1, -0.05) is 33.8 Å². The number of esters is 1. The normalized spacial score (nSPS) is 21.8. The molecule has 0 spiro atoms. The molecular weight excluding hydrogens is 288 g/mol. The van der Waals surface area contributed by atoms with Gasteiger partial charge < -0.3 is 9.84 Å². The number of aromatic hydroxyl groups is 1. The van der Waals surface area contributed by atoms with Gasteiger partial charge >= 0.3 is 5.97 Å². The summed E-state index contributed by atoms with van der Waals surface area (Å²) in [6.45, 7) is 10.8. The SMILES string of the molecule is CC[C@@H](C)C(=O)OC[C@@H]1CC[C@@H](C(C)C)c2cc(C)c(O)cc21. The van der Waals surface area contributed by atoms with E-state index in [9.17, 15) is 9.90 Å². The lowest BCUT2D eigenvalue weighted by Crippen LogP contribution is -2.24. The Bertz CT molecular complexity index is 562. The molecule has 1 aliphatic carbocycles. The van der Waals surface area contributed by atoms with Crippen LogP contribution in [0.2, 0.25) is 0 Å². The van der Waals surface area contributed by atoms with E-state index in [2.05, 4.69) is 19.9 Å². The van der Waals surface area contributed by atoms with E-state index in [1.807, 2.05) is 26.8 Å². The second kappa shape index (κ2) is 7.37. The Morgan fingerprint density at radius 1 is 1.26 bits per heavy atom. The van der Waals surface area contributed by atoms with E-state index in [-0.39, 0.29) is 17.8 Å². The number of hydrogen-bond donors (Lipinski definition) is 1. The van der Waals surface area contributed by atoms with Crippen molar-refractivity contribution in [2.45, 2.75) is 65.7 Å². The summed E-state index contributed by atoms with van der Waals surface area (Å²) < 4.78 is 5.54. The molecule has 0 aliphatic heterocycles. The zero-order chi connectivity index (χ0) is 17.1. The molecule has 0 saturated carbocycles. The maximum atomic E-state index is 12.0. The summed E-state index contributed by atoms with van der Waals surface area (Å²) in [7, 11) is 0. The monoisotopic (exact) mass is 318 g/mol. The van der Waals surface area contributed by atoms with Gasteiger partial charge in [-0.25, -0.2) is 0 Å². The summed E-state index contributed by atoms with van der Waals surface area (Å²) in [5.41, 5.74) is 3.41. The number of rotatable bonds is 5. The Labute approximate surface area is 140 Å². The summed E-state index contributed by atoms with van der Waals surface area (Å²) >= 11 is 0. The highest BCUT2D eigenvalue weighted by atomic mass is 16.5. The maximum Gasteiger partial charge on any atom is 0.308 e. The number of benzene rings is 1. The predicted octanol–water partition coefficient (Wildman–Crippen LogP) is 4.91. The Morgan fingerprint density at radius 2 is 1.96 bits per heavy atom. The van der Waals surface area contributed by atoms with Crippen LogP contribution in [0.15, 0.2) is 12.1 Å². The molecule has 1 aromatic carbocycles. The van der Waals surface area contributed by atoms with Gasteiger partial charge in [-0.05, 0) is 60.8 Å². The van der Waals surface area contributed by atoms with Gasteiger partial charge in [0.05, 0.1) is 12.5 Å². The number of phenols is 1. The van der Waals surface area contributed by atoms with Crippen molar-refractivity contribution in [2.75, 3.05) is 6.61 Å². The summed E-state index contributed by atoms with van der Waals surface area (Å²) in [4.78, 5) is 12.0. The quantitative estimate of drug-likeness (QED) is 0.785. The molecule has 0 heterocycles. The van der Waals surface area contributed by atoms with E-state index in [1.54, 1.807) is 0 Å². The van der Waals surface area contributed by atoms with Crippen LogP contribution in [0.1, 0.15) is 75.5 Å². The van der Waals surface area contributed by atoms with Gasteiger partial charge in [0.1, 0.15) is 5.75 Å². The van der Waals surface area contributed by atoms with Gasteiger partial charge in [-0.2, -0.15) is 0 Å². The zero-order valence-corrected chi connectivity index (χ0v) is 15.1. The fourth-order valence-electron chi connectivity index (χ4n) is 3.46. The van der Waals surface area contributed by atoms with Crippen LogP contribution in [-0.2, 0) is 9.53 Å². The summed E-state index contributed by atoms with van der Waals surface area (Å²) in [5.74, 6) is 1.46. The lowest BCUT2D eigenvalue weighted by atomic mass is 9.72. The predicted molar refractivity (Wildman–Crippen MR) is 92.8 cm³/mol. The summed E-state index contributed by atoms with van der Waals surface area (Å²) in [6.07, 6.45) is 2.92. The molecule has 3 atom stereocenters. The number of aryl methyl sites for hydroxylation is 1. The van der Waals surface area contributed by atoms with Crippen molar-refractivity contribution in [3.63, 3.8) is 0 Å². The Balaban J connectivity index is 2.22. The molecular formula is C20H30O3. The molecule has 0 saturated heterocycles. The van der Waals surface area contributed by atoms with Gasteiger partial charge in [-0.15, -0.1) is 0 Å². The van der Waals surface area contributed by atoms with Gasteiger partial charge in [-0.3, -0.25) is 4.79 Å². The molecule has 1 aliphatic rings. The molecule has 3 nitrogen and oxygen atoms in total. The lowest BCUT2D eigenvalue weighted by Gasteiger charge is -2.34. The largest absolute Gasteiger partial charge is 0.508 e. The van der Waals surface area contributed by atoms with Crippen LogP contribution >= 0.6 is 0 Å². The number of ether oxygens (including phenoxy) is 1. The summed E-state index contributed by atoms with van der Waals surface area (Å²) in [5, 5.41) is 10.1. The molecule has 0 radical (unpaired) electrons. The third-order valence-corrected chi connectivity index (χ3v) is 5.31. The van der Waals surface area contributed by atoms with Crippen LogP contribution in [0.5, 0.6) is 5.75 Å². The minimum absolute atomic E-state index is 0.0482. The van der Waals surface area contributed by atoms with Gasteiger partial charge in [0.25, 0.3) is 0 Å². The molecule has 0 bridgehead atoms. The molecule has 0 fully saturated rings. The van der Waals surface area contributed by atoms with Gasteiger partial charge in [0.2, 0.25) is 0 Å². The zero-order valence-electron chi connectivity index (χ0n) is 15.1. The molecule has 0 amide bonds. The van der Waals surface area contributed by atoms with E-state index in [0.29, 0.717) is 24.2 Å². The van der Waals surface area contributed by atoms with Crippen LogP contribution in [0, 0.1) is 18.8 Å². The van der Waals surface area contributed by atoms with E-state index in [1.165, 1.54) is 5.56 Å². The second-order valence-corrected chi connectivity index (χ2v) is 7.33. The first-order chi connectivity index (χ1) is 10.8. The second-order valence-electron chi connectivity index (χ2n) is 7.33. The van der Waals surface area contributed by atoms with Crippen LogP contribution in [0.3, 0.4) is 0 Å². The van der Waals surface area contributed by atoms with Crippen molar-refractivity contribution >= 4 is 5.97 Å². The lowest BCUT2D eigenvalue weighted by molar-refractivity contribution is -0.148. The highest BCUT2D eigenvalue weighted by Gasteiger charge is 2.30. The molecule has 3 heteroatoms. The number of carbonyl (C=O) groups is 1. The Kier molecular flexibility index (Phi) is 5.72. The average Bonchev–Trinajstić information content (AvgIpc) is 2.52. The number of carbonyl (C=O) groups excluding carboxylic acids is 1. The number of hydrogen-bond acceptors (Lipinski definition) is 3. The topological polar surface area (TPSA) is 46.5 Å². The molecule has 2 rings (SSSR count). The summed E-state index contributed by atoms with van der Waals surface area (Å²) in [6, 6.07) is 4.01. The van der Waals surface area contributed by atoms with E-state index < -0.39 is 0 Å². The third-order valence-electron chi connectivity index (χ3n) is 5.31. The Hall–Kier alpha value is -1.51. The van der Waals surface area contributed by atoms with Crippen molar-refractivity contribution < 1.29 is 14.6 Å².